The Balaban J connectivity index is 1.30. The zero-order valence-corrected chi connectivity index (χ0v) is 26.7. The number of aliphatic hydroxyl groups excluding tert-OH is 1. The fourth-order valence-corrected chi connectivity index (χ4v) is 6.65. The number of rotatable bonds is 12. The normalized spacial score (nSPS) is 18.6. The molecule has 1 saturated carbocycles. The first-order valence-corrected chi connectivity index (χ1v) is 16.3. The summed E-state index contributed by atoms with van der Waals surface area (Å²) < 4.78 is 5.26. The number of aliphatic hydroxyl groups is 1. The molecule has 9 nitrogen and oxygen atoms in total. The summed E-state index contributed by atoms with van der Waals surface area (Å²) in [7, 11) is 0. The maximum atomic E-state index is 13.9. The SMILES string of the molecule is Cc1c(O)cccc1C(=O)N[C@@H](Cc1ccccc1)[C@H](O)C(=O)N1CSC(C)(C)C1C(=O)NCc1cccc(OCC2CC2)c1. The quantitative estimate of drug-likeness (QED) is 0.236. The Labute approximate surface area is 268 Å². The molecule has 1 aliphatic heterocycles. The van der Waals surface area contributed by atoms with Crippen LogP contribution in [0.15, 0.2) is 72.8 Å². The number of nitrogens with zero attached hydrogens (tertiary/aromatic N) is 1. The third kappa shape index (κ3) is 7.99. The van der Waals surface area contributed by atoms with Crippen LogP contribution in [0.25, 0.3) is 0 Å². The molecule has 0 radical (unpaired) electrons. The number of benzene rings is 3. The summed E-state index contributed by atoms with van der Waals surface area (Å²) in [6, 6.07) is 19.7. The Kier molecular flexibility index (Phi) is 10.0. The molecule has 3 amide bonds. The number of hydrogen-bond acceptors (Lipinski definition) is 7. The van der Waals surface area contributed by atoms with Crippen molar-refractivity contribution >= 4 is 29.5 Å². The highest BCUT2D eigenvalue weighted by Gasteiger charge is 2.49. The van der Waals surface area contributed by atoms with E-state index in [-0.39, 0.29) is 36.1 Å². The summed E-state index contributed by atoms with van der Waals surface area (Å²) in [5, 5.41) is 27.4. The van der Waals surface area contributed by atoms with Crippen molar-refractivity contribution in [2.24, 2.45) is 5.92 Å². The van der Waals surface area contributed by atoms with Crippen LogP contribution >= 0.6 is 11.8 Å². The van der Waals surface area contributed by atoms with Gasteiger partial charge in [-0.05, 0) is 81.3 Å². The molecule has 3 atom stereocenters. The first-order valence-electron chi connectivity index (χ1n) is 15.3. The number of amides is 3. The molecule has 1 saturated heterocycles. The van der Waals surface area contributed by atoms with Crippen molar-refractivity contribution in [3.63, 3.8) is 0 Å². The summed E-state index contributed by atoms with van der Waals surface area (Å²) in [6.07, 6.45) is 0.950. The lowest BCUT2D eigenvalue weighted by Crippen LogP contribution is -2.58. The Morgan fingerprint density at radius 3 is 2.47 bits per heavy atom. The molecular formula is C35H41N3O6S. The Bertz CT molecular complexity index is 1530. The molecular weight excluding hydrogens is 590 g/mol. The molecule has 5 rings (SSSR count). The molecule has 238 valence electrons. The van der Waals surface area contributed by atoms with Gasteiger partial charge in [-0.2, -0.15) is 0 Å². The average Bonchev–Trinajstić information content (AvgIpc) is 3.81. The van der Waals surface area contributed by atoms with Gasteiger partial charge in [0.15, 0.2) is 6.10 Å². The van der Waals surface area contributed by atoms with E-state index in [1.54, 1.807) is 19.1 Å². The lowest BCUT2D eigenvalue weighted by Gasteiger charge is -2.33. The molecule has 1 aliphatic carbocycles. The number of phenolic OH excluding ortho intramolecular Hbond substituents is 1. The molecule has 2 fully saturated rings. The third-order valence-corrected chi connectivity index (χ3v) is 9.80. The summed E-state index contributed by atoms with van der Waals surface area (Å²) in [5.41, 5.74) is 2.33. The Hall–Kier alpha value is -4.02. The van der Waals surface area contributed by atoms with E-state index in [4.69, 9.17) is 4.74 Å². The van der Waals surface area contributed by atoms with Crippen LogP contribution in [-0.4, -0.2) is 68.3 Å². The second-order valence-corrected chi connectivity index (χ2v) is 14.0. The number of carbonyl (C=O) groups is 3. The van der Waals surface area contributed by atoms with Gasteiger partial charge in [0, 0.05) is 22.4 Å². The zero-order chi connectivity index (χ0) is 32.1. The maximum Gasteiger partial charge on any atom is 0.254 e. The fraction of sp³-hybridized carbons (Fsp3) is 0.400. The topological polar surface area (TPSA) is 128 Å². The van der Waals surface area contributed by atoms with Gasteiger partial charge in [0.05, 0.1) is 18.5 Å². The third-order valence-electron chi connectivity index (χ3n) is 8.42. The maximum absolute atomic E-state index is 13.9. The Morgan fingerprint density at radius 2 is 1.73 bits per heavy atom. The predicted molar refractivity (Wildman–Crippen MR) is 174 cm³/mol. The van der Waals surface area contributed by atoms with Crippen LogP contribution in [0.5, 0.6) is 11.5 Å². The van der Waals surface area contributed by atoms with E-state index in [0.717, 1.165) is 16.9 Å². The van der Waals surface area contributed by atoms with Gasteiger partial charge in [0.2, 0.25) is 5.91 Å². The van der Waals surface area contributed by atoms with Gasteiger partial charge in [0.25, 0.3) is 11.8 Å². The first kappa shape index (κ1) is 32.4. The van der Waals surface area contributed by atoms with Gasteiger partial charge in [-0.1, -0.05) is 48.5 Å². The van der Waals surface area contributed by atoms with Crippen molar-refractivity contribution in [2.75, 3.05) is 12.5 Å². The van der Waals surface area contributed by atoms with Crippen LogP contribution < -0.4 is 15.4 Å². The van der Waals surface area contributed by atoms with Gasteiger partial charge >= 0.3 is 0 Å². The number of thioether (sulfide) groups is 1. The van der Waals surface area contributed by atoms with E-state index in [2.05, 4.69) is 10.6 Å². The summed E-state index contributed by atoms with van der Waals surface area (Å²) in [4.78, 5) is 42.3. The minimum Gasteiger partial charge on any atom is -0.508 e. The number of carbonyl (C=O) groups excluding carboxylic acids is 3. The number of hydrogen-bond donors (Lipinski definition) is 4. The highest BCUT2D eigenvalue weighted by atomic mass is 32.2. The van der Waals surface area contributed by atoms with Crippen molar-refractivity contribution in [1.29, 1.82) is 0 Å². The fourth-order valence-electron chi connectivity index (χ4n) is 5.51. The van der Waals surface area contributed by atoms with E-state index in [1.807, 2.05) is 68.4 Å². The monoisotopic (exact) mass is 631 g/mol. The van der Waals surface area contributed by atoms with Gasteiger partial charge in [0.1, 0.15) is 17.5 Å². The van der Waals surface area contributed by atoms with E-state index >= 15 is 0 Å². The van der Waals surface area contributed by atoms with Crippen LogP contribution in [0.4, 0.5) is 0 Å². The summed E-state index contributed by atoms with van der Waals surface area (Å²) in [6.45, 7) is 6.39. The smallest absolute Gasteiger partial charge is 0.254 e. The number of aromatic hydroxyl groups is 1. The van der Waals surface area contributed by atoms with Crippen molar-refractivity contribution in [3.05, 3.63) is 95.1 Å². The summed E-state index contributed by atoms with van der Waals surface area (Å²) >= 11 is 1.46. The molecule has 0 bridgehead atoms. The average molecular weight is 632 g/mol. The highest BCUT2D eigenvalue weighted by Crippen LogP contribution is 2.40. The van der Waals surface area contributed by atoms with Gasteiger partial charge in [-0.3, -0.25) is 14.4 Å². The van der Waals surface area contributed by atoms with Crippen molar-refractivity contribution in [2.45, 2.75) is 69.5 Å². The van der Waals surface area contributed by atoms with Crippen LogP contribution in [0.1, 0.15) is 53.7 Å². The van der Waals surface area contributed by atoms with E-state index < -0.39 is 34.7 Å². The zero-order valence-electron chi connectivity index (χ0n) is 25.9. The van der Waals surface area contributed by atoms with Gasteiger partial charge in [-0.25, -0.2) is 0 Å². The lowest BCUT2D eigenvalue weighted by atomic mass is 9.96. The second-order valence-electron chi connectivity index (χ2n) is 12.4. The predicted octanol–water partition coefficient (Wildman–Crippen LogP) is 4.19. The van der Waals surface area contributed by atoms with Crippen molar-refractivity contribution in [1.82, 2.24) is 15.5 Å². The molecule has 2 aliphatic rings. The van der Waals surface area contributed by atoms with E-state index in [0.29, 0.717) is 18.1 Å². The number of nitrogens with one attached hydrogen (secondary N) is 2. The van der Waals surface area contributed by atoms with E-state index in [1.165, 1.54) is 35.6 Å². The number of phenols is 1. The minimum atomic E-state index is -1.63. The van der Waals surface area contributed by atoms with Gasteiger partial charge in [-0.15, -0.1) is 11.8 Å². The molecule has 0 aromatic heterocycles. The largest absolute Gasteiger partial charge is 0.508 e. The second kappa shape index (κ2) is 14.0. The lowest BCUT2D eigenvalue weighted by molar-refractivity contribution is -0.147. The van der Waals surface area contributed by atoms with Gasteiger partial charge < -0.3 is 30.5 Å². The van der Waals surface area contributed by atoms with Crippen LogP contribution in [0.2, 0.25) is 0 Å². The minimum absolute atomic E-state index is 0.0263. The molecule has 1 unspecified atom stereocenters. The Morgan fingerprint density at radius 1 is 1.02 bits per heavy atom. The molecule has 1 heterocycles. The molecule has 3 aromatic rings. The van der Waals surface area contributed by atoms with Crippen LogP contribution in [0, 0.1) is 12.8 Å². The molecule has 45 heavy (non-hydrogen) atoms. The van der Waals surface area contributed by atoms with E-state index in [9.17, 15) is 24.6 Å². The van der Waals surface area contributed by atoms with Crippen LogP contribution in [0.3, 0.4) is 0 Å². The van der Waals surface area contributed by atoms with Crippen molar-refractivity contribution in [3.8, 4) is 11.5 Å². The van der Waals surface area contributed by atoms with Crippen LogP contribution in [-0.2, 0) is 22.6 Å². The standard InChI is InChI=1S/C35H41N3O6S/c1-22-27(13-8-14-29(22)39)32(41)37-28(18-23-9-5-4-6-10-23)30(40)34(43)38-21-45-35(2,3)31(38)33(42)36-19-25-11-7-12-26(17-25)44-20-24-15-16-24/h4-14,17,24,28,30-31,39-40H,15-16,18-21H2,1-3H3,(H,36,42)(H,37,41)/t28-,30-,31?/m0/s1. The summed E-state index contributed by atoms with van der Waals surface area (Å²) in [5.74, 6) is 0.0878. The molecule has 4 N–H and O–H groups in total. The highest BCUT2D eigenvalue weighted by molar-refractivity contribution is 8.00. The molecule has 10 heteroatoms. The first-order chi connectivity index (χ1) is 21.5. The van der Waals surface area contributed by atoms with Crippen molar-refractivity contribution < 1.29 is 29.3 Å². The number of ether oxygens (including phenoxy) is 1. The molecule has 3 aromatic carbocycles. The molecule has 0 spiro atoms.